The molecule has 0 unspecified atom stereocenters. The summed E-state index contributed by atoms with van der Waals surface area (Å²) in [6.07, 6.45) is 2.21. The van der Waals surface area contributed by atoms with Gasteiger partial charge in [0.25, 0.3) is 0 Å². The van der Waals surface area contributed by atoms with E-state index in [2.05, 4.69) is 0 Å². The molecule has 1 saturated heterocycles. The van der Waals surface area contributed by atoms with Crippen LogP contribution in [0, 0.1) is 17.3 Å². The summed E-state index contributed by atoms with van der Waals surface area (Å²) in [4.78, 5) is 15.1. The average molecular weight is 416 g/mol. The van der Waals surface area contributed by atoms with Crippen molar-refractivity contribution >= 4 is 38.9 Å². The monoisotopic (exact) mass is 415 g/mol. The third kappa shape index (κ3) is 4.10. The Hall–Kier alpha value is -1.04. The number of hydrogen-bond donors (Lipinski definition) is 0. The van der Waals surface area contributed by atoms with Gasteiger partial charge in [-0.1, -0.05) is 67.4 Å². The van der Waals surface area contributed by atoms with Gasteiger partial charge in [0, 0.05) is 12.6 Å². The second-order valence-electron chi connectivity index (χ2n) is 7.79. The summed E-state index contributed by atoms with van der Waals surface area (Å²) in [6, 6.07) is 9.39. The first kappa shape index (κ1) is 19.7. The van der Waals surface area contributed by atoms with E-state index < -0.39 is 9.84 Å². The van der Waals surface area contributed by atoms with Gasteiger partial charge in [-0.2, -0.15) is 0 Å². The maximum atomic E-state index is 13.3. The van der Waals surface area contributed by atoms with Gasteiger partial charge < -0.3 is 4.90 Å². The van der Waals surface area contributed by atoms with Crippen LogP contribution in [0.2, 0.25) is 0 Å². The van der Waals surface area contributed by atoms with Gasteiger partial charge in [0.15, 0.2) is 9.84 Å². The Morgan fingerprint density at radius 2 is 1.92 bits per heavy atom. The highest BCUT2D eigenvalue weighted by molar-refractivity contribution is 7.91. The van der Waals surface area contributed by atoms with E-state index in [1.54, 1.807) is 11.0 Å². The molecule has 3 rings (SSSR count). The minimum absolute atomic E-state index is 0.0169. The normalized spacial score (nSPS) is 28.4. The van der Waals surface area contributed by atoms with Crippen molar-refractivity contribution in [2.75, 3.05) is 11.5 Å². The van der Waals surface area contributed by atoms with E-state index in [1.807, 2.05) is 44.2 Å². The van der Waals surface area contributed by atoms with Gasteiger partial charge in [-0.3, -0.25) is 4.79 Å². The Kier molecular flexibility index (Phi) is 5.44. The van der Waals surface area contributed by atoms with E-state index in [0.29, 0.717) is 13.0 Å². The van der Waals surface area contributed by atoms with Crippen molar-refractivity contribution in [1.29, 1.82) is 0 Å². The average Bonchev–Trinajstić information content (AvgIpc) is 2.89. The standard InChI is InChI=1S/C19H23Cl2NO3S/c1-19(2)15(10-16(20)21)17(19)18(23)22(11-13-6-4-3-5-7-13)14-8-9-26(24,25)12-14/h3-7,10,14-15,17H,8-9,11-12H2,1-2H3/t14-,15+,17-/m0/s1. The number of nitrogens with zero attached hydrogens (tertiary/aromatic N) is 1. The SMILES string of the molecule is CC1(C)[C@H](C=C(Cl)Cl)[C@H]1C(=O)N(Cc1ccccc1)[C@H]1CCS(=O)(=O)C1. The second kappa shape index (κ2) is 7.17. The van der Waals surface area contributed by atoms with E-state index in [1.165, 1.54) is 0 Å². The van der Waals surface area contributed by atoms with Gasteiger partial charge in [-0.05, 0) is 29.4 Å². The zero-order chi connectivity index (χ0) is 19.1. The first-order valence-electron chi connectivity index (χ1n) is 8.69. The highest BCUT2D eigenvalue weighted by Crippen LogP contribution is 2.60. The summed E-state index contributed by atoms with van der Waals surface area (Å²) in [7, 11) is -3.08. The third-order valence-corrected chi connectivity index (χ3v) is 7.61. The van der Waals surface area contributed by atoms with Crippen molar-refractivity contribution in [2.24, 2.45) is 17.3 Å². The van der Waals surface area contributed by atoms with Crippen LogP contribution in [0.5, 0.6) is 0 Å². The number of carbonyl (C=O) groups excluding carboxylic acids is 1. The molecule has 7 heteroatoms. The molecule has 0 radical (unpaired) electrons. The molecule has 1 amide bonds. The van der Waals surface area contributed by atoms with Crippen molar-refractivity contribution in [3.05, 3.63) is 46.5 Å². The van der Waals surface area contributed by atoms with Crippen LogP contribution < -0.4 is 0 Å². The summed E-state index contributed by atoms with van der Waals surface area (Å²) in [6.45, 7) is 4.44. The Labute approximate surface area is 165 Å². The summed E-state index contributed by atoms with van der Waals surface area (Å²) in [5, 5.41) is 0. The molecule has 1 aromatic carbocycles. The summed E-state index contributed by atoms with van der Waals surface area (Å²) < 4.78 is 24.1. The molecular weight excluding hydrogens is 393 g/mol. The van der Waals surface area contributed by atoms with Crippen LogP contribution in [0.25, 0.3) is 0 Å². The number of benzene rings is 1. The van der Waals surface area contributed by atoms with Crippen LogP contribution in [-0.4, -0.2) is 36.8 Å². The molecule has 1 aliphatic carbocycles. The number of allylic oxidation sites excluding steroid dienone is 1. The highest BCUT2D eigenvalue weighted by atomic mass is 35.5. The van der Waals surface area contributed by atoms with Crippen LogP contribution in [0.3, 0.4) is 0 Å². The third-order valence-electron chi connectivity index (χ3n) is 5.61. The molecule has 3 atom stereocenters. The predicted molar refractivity (Wildman–Crippen MR) is 105 cm³/mol. The van der Waals surface area contributed by atoms with Crippen molar-refractivity contribution in [2.45, 2.75) is 32.9 Å². The van der Waals surface area contributed by atoms with Crippen LogP contribution in [-0.2, 0) is 21.2 Å². The van der Waals surface area contributed by atoms with Gasteiger partial charge in [0.05, 0.1) is 17.4 Å². The molecule has 0 N–H and O–H groups in total. The molecule has 2 fully saturated rings. The molecule has 0 aromatic heterocycles. The molecule has 1 saturated carbocycles. The van der Waals surface area contributed by atoms with Gasteiger partial charge in [-0.25, -0.2) is 8.42 Å². The molecule has 1 aliphatic heterocycles. The fraction of sp³-hybridized carbons (Fsp3) is 0.526. The van der Waals surface area contributed by atoms with Crippen molar-refractivity contribution in [1.82, 2.24) is 4.90 Å². The number of rotatable bonds is 5. The number of hydrogen-bond acceptors (Lipinski definition) is 3. The topological polar surface area (TPSA) is 54.5 Å². The number of carbonyl (C=O) groups is 1. The smallest absolute Gasteiger partial charge is 0.227 e. The van der Waals surface area contributed by atoms with Crippen LogP contribution >= 0.6 is 23.2 Å². The Morgan fingerprint density at radius 1 is 1.27 bits per heavy atom. The molecule has 2 aliphatic rings. The van der Waals surface area contributed by atoms with E-state index in [9.17, 15) is 13.2 Å². The number of sulfone groups is 1. The van der Waals surface area contributed by atoms with E-state index in [-0.39, 0.29) is 45.2 Å². The van der Waals surface area contributed by atoms with Crippen LogP contribution in [0.1, 0.15) is 25.8 Å². The van der Waals surface area contributed by atoms with Crippen molar-refractivity contribution in [3.63, 3.8) is 0 Å². The first-order valence-corrected chi connectivity index (χ1v) is 11.3. The van der Waals surface area contributed by atoms with E-state index >= 15 is 0 Å². The first-order chi connectivity index (χ1) is 12.1. The zero-order valence-electron chi connectivity index (χ0n) is 14.9. The van der Waals surface area contributed by atoms with Crippen molar-refractivity contribution in [3.8, 4) is 0 Å². The minimum atomic E-state index is -3.08. The van der Waals surface area contributed by atoms with Crippen molar-refractivity contribution < 1.29 is 13.2 Å². The molecule has 1 aromatic rings. The van der Waals surface area contributed by atoms with Gasteiger partial charge in [0.2, 0.25) is 5.91 Å². The molecule has 1 heterocycles. The maximum absolute atomic E-state index is 13.3. The van der Waals surface area contributed by atoms with E-state index in [4.69, 9.17) is 23.2 Å². The van der Waals surface area contributed by atoms with Crippen LogP contribution in [0.4, 0.5) is 0 Å². The largest absolute Gasteiger partial charge is 0.334 e. The molecular formula is C19H23Cl2NO3S. The molecule has 0 spiro atoms. The summed E-state index contributed by atoms with van der Waals surface area (Å²) in [5.74, 6) is -0.105. The Balaban J connectivity index is 1.86. The van der Waals surface area contributed by atoms with Crippen LogP contribution in [0.15, 0.2) is 40.9 Å². The highest BCUT2D eigenvalue weighted by Gasteiger charge is 2.62. The zero-order valence-corrected chi connectivity index (χ0v) is 17.2. The molecule has 0 bridgehead atoms. The fourth-order valence-electron chi connectivity index (χ4n) is 3.96. The van der Waals surface area contributed by atoms with Gasteiger partial charge in [-0.15, -0.1) is 0 Å². The second-order valence-corrected chi connectivity index (χ2v) is 11.0. The number of amides is 1. The molecule has 142 valence electrons. The maximum Gasteiger partial charge on any atom is 0.227 e. The molecule has 4 nitrogen and oxygen atoms in total. The molecule has 26 heavy (non-hydrogen) atoms. The minimum Gasteiger partial charge on any atom is -0.334 e. The lowest BCUT2D eigenvalue weighted by Gasteiger charge is -2.29. The number of halogens is 2. The Bertz CT molecular complexity index is 816. The summed E-state index contributed by atoms with van der Waals surface area (Å²) in [5.41, 5.74) is 0.754. The van der Waals surface area contributed by atoms with Gasteiger partial charge in [0.1, 0.15) is 4.49 Å². The quantitative estimate of drug-likeness (QED) is 0.734. The fourth-order valence-corrected chi connectivity index (χ4v) is 5.97. The van der Waals surface area contributed by atoms with E-state index in [0.717, 1.165) is 5.56 Å². The lowest BCUT2D eigenvalue weighted by molar-refractivity contribution is -0.136. The lowest BCUT2D eigenvalue weighted by atomic mass is 10.1. The summed E-state index contributed by atoms with van der Waals surface area (Å²) >= 11 is 11.6. The lowest BCUT2D eigenvalue weighted by Crippen LogP contribution is -2.42. The Morgan fingerprint density at radius 3 is 2.46 bits per heavy atom. The van der Waals surface area contributed by atoms with Gasteiger partial charge >= 0.3 is 0 Å². The predicted octanol–water partition coefficient (Wildman–Crippen LogP) is 3.79.